The summed E-state index contributed by atoms with van der Waals surface area (Å²) in [5.74, 6) is 1.40. The summed E-state index contributed by atoms with van der Waals surface area (Å²) >= 11 is 0. The molecule has 0 saturated carbocycles. The second-order valence-corrected chi connectivity index (χ2v) is 5.83. The first-order chi connectivity index (χ1) is 12.3. The molecule has 0 atom stereocenters. The lowest BCUT2D eigenvalue weighted by atomic mass is 10.1. The maximum absolute atomic E-state index is 9.95. The zero-order chi connectivity index (χ0) is 17.5. The molecule has 0 saturated heterocycles. The van der Waals surface area contributed by atoms with E-state index in [1.54, 1.807) is 12.2 Å². The molecule has 0 unspecified atom stereocenters. The summed E-state index contributed by atoms with van der Waals surface area (Å²) in [5, 5.41) is 9.95. The molecule has 3 heteroatoms. The minimum absolute atomic E-state index is 0.0914. The van der Waals surface area contributed by atoms with Crippen LogP contribution in [0.4, 0.5) is 0 Å². The Hall–Kier alpha value is -2.94. The molecule has 0 radical (unpaired) electrons. The molecule has 0 heterocycles. The Bertz CT molecular complexity index is 767. The second-order valence-electron chi connectivity index (χ2n) is 5.83. The van der Waals surface area contributed by atoms with Gasteiger partial charge in [-0.2, -0.15) is 0 Å². The highest BCUT2D eigenvalue weighted by molar-refractivity contribution is 5.65. The zero-order valence-corrected chi connectivity index (χ0v) is 14.3. The third-order valence-electron chi connectivity index (χ3n) is 3.93. The molecule has 1 aliphatic rings. The Labute approximate surface area is 148 Å². The van der Waals surface area contributed by atoms with E-state index < -0.39 is 0 Å². The molecule has 0 spiro atoms. The Morgan fingerprint density at radius 2 is 1.40 bits per heavy atom. The molecule has 2 aromatic carbocycles. The Kier molecular flexibility index (Phi) is 5.57. The quantitative estimate of drug-likeness (QED) is 0.513. The Balaban J connectivity index is 1.65. The summed E-state index contributed by atoms with van der Waals surface area (Å²) in [7, 11) is 0. The predicted octanol–water partition coefficient (Wildman–Crippen LogP) is 5.81. The molecule has 0 aliphatic heterocycles. The van der Waals surface area contributed by atoms with Crippen molar-refractivity contribution in [3.05, 3.63) is 84.4 Å². The van der Waals surface area contributed by atoms with Crippen LogP contribution in [0, 0.1) is 0 Å². The fourth-order valence-electron chi connectivity index (χ4n) is 2.48. The number of hydrogen-bond acceptors (Lipinski definition) is 3. The minimum Gasteiger partial charge on any atom is -0.494 e. The van der Waals surface area contributed by atoms with Crippen LogP contribution in [0.25, 0.3) is 11.1 Å². The lowest BCUT2D eigenvalue weighted by Gasteiger charge is -2.08. The highest BCUT2D eigenvalue weighted by Crippen LogP contribution is 2.26. The lowest BCUT2D eigenvalue weighted by molar-refractivity contribution is 0.206. The molecule has 1 aliphatic carbocycles. The third-order valence-corrected chi connectivity index (χ3v) is 3.93. The largest absolute Gasteiger partial charge is 0.494 e. The molecule has 2 aromatic rings. The molecule has 25 heavy (non-hydrogen) atoms. The molecule has 0 fully saturated rings. The van der Waals surface area contributed by atoms with E-state index in [4.69, 9.17) is 9.47 Å². The third kappa shape index (κ3) is 4.54. The van der Waals surface area contributed by atoms with Crippen molar-refractivity contribution in [2.75, 3.05) is 6.61 Å². The maximum atomic E-state index is 9.95. The molecular weight excluding hydrogens is 312 g/mol. The monoisotopic (exact) mass is 334 g/mol. The summed E-state index contributed by atoms with van der Waals surface area (Å²) < 4.78 is 11.2. The molecule has 3 nitrogen and oxygen atoms in total. The van der Waals surface area contributed by atoms with Gasteiger partial charge < -0.3 is 14.6 Å². The van der Waals surface area contributed by atoms with Gasteiger partial charge in [-0.1, -0.05) is 49.8 Å². The summed E-state index contributed by atoms with van der Waals surface area (Å²) in [6.45, 7) is 2.91. The van der Waals surface area contributed by atoms with Gasteiger partial charge in [0.1, 0.15) is 11.5 Å². The first-order valence-corrected chi connectivity index (χ1v) is 8.55. The first kappa shape index (κ1) is 16.9. The van der Waals surface area contributed by atoms with Gasteiger partial charge in [-0.05, 0) is 54.0 Å². The number of ether oxygens (including phenoxy) is 2. The van der Waals surface area contributed by atoms with Crippen LogP contribution in [-0.2, 0) is 0 Å². The van der Waals surface area contributed by atoms with Gasteiger partial charge >= 0.3 is 0 Å². The summed E-state index contributed by atoms with van der Waals surface area (Å²) in [6.07, 6.45) is 9.51. The van der Waals surface area contributed by atoms with Crippen molar-refractivity contribution < 1.29 is 14.6 Å². The number of benzene rings is 2. The van der Waals surface area contributed by atoms with Crippen LogP contribution in [-0.4, -0.2) is 11.7 Å². The molecule has 0 bridgehead atoms. The van der Waals surface area contributed by atoms with E-state index in [-0.39, 0.29) is 5.95 Å². The van der Waals surface area contributed by atoms with Crippen LogP contribution in [0.3, 0.4) is 0 Å². The van der Waals surface area contributed by atoms with Crippen molar-refractivity contribution in [1.82, 2.24) is 0 Å². The summed E-state index contributed by atoms with van der Waals surface area (Å²) in [5.41, 5.74) is 2.86. The molecule has 0 aromatic heterocycles. The molecule has 128 valence electrons. The van der Waals surface area contributed by atoms with Crippen LogP contribution >= 0.6 is 0 Å². The standard InChI is InChI=1S/C22H22O3/c1-2-3-16-24-20-12-8-17(9-13-20)18-10-14-21(15-11-18)25-22(23)19-6-4-5-7-19/h4-15,23H,2-3,16H2,1H3. The van der Waals surface area contributed by atoms with Crippen molar-refractivity contribution in [1.29, 1.82) is 0 Å². The van der Waals surface area contributed by atoms with E-state index in [9.17, 15) is 5.11 Å². The van der Waals surface area contributed by atoms with E-state index >= 15 is 0 Å². The second kappa shape index (κ2) is 8.25. The van der Waals surface area contributed by atoms with E-state index in [0.717, 1.165) is 36.3 Å². The van der Waals surface area contributed by atoms with Crippen molar-refractivity contribution in [2.45, 2.75) is 19.8 Å². The van der Waals surface area contributed by atoms with Gasteiger partial charge in [-0.25, -0.2) is 0 Å². The zero-order valence-electron chi connectivity index (χ0n) is 14.3. The fourth-order valence-corrected chi connectivity index (χ4v) is 2.48. The fraction of sp³-hybridized carbons (Fsp3) is 0.182. The molecule has 1 N–H and O–H groups in total. The van der Waals surface area contributed by atoms with Gasteiger partial charge in [0.2, 0.25) is 0 Å². The van der Waals surface area contributed by atoms with Gasteiger partial charge in [0.15, 0.2) is 0 Å². The van der Waals surface area contributed by atoms with Crippen LogP contribution < -0.4 is 9.47 Å². The van der Waals surface area contributed by atoms with Gasteiger partial charge in [0.05, 0.1) is 12.2 Å². The first-order valence-electron chi connectivity index (χ1n) is 8.55. The van der Waals surface area contributed by atoms with Crippen LogP contribution in [0.5, 0.6) is 11.5 Å². The van der Waals surface area contributed by atoms with Crippen molar-refractivity contribution in [2.24, 2.45) is 0 Å². The van der Waals surface area contributed by atoms with Crippen LogP contribution in [0.2, 0.25) is 0 Å². The predicted molar refractivity (Wildman–Crippen MR) is 101 cm³/mol. The van der Waals surface area contributed by atoms with Crippen molar-refractivity contribution in [3.63, 3.8) is 0 Å². The van der Waals surface area contributed by atoms with E-state index in [0.29, 0.717) is 11.3 Å². The van der Waals surface area contributed by atoms with Gasteiger partial charge in [0, 0.05) is 0 Å². The number of hydrogen-bond donors (Lipinski definition) is 1. The number of unbranched alkanes of at least 4 members (excludes halogenated alkanes) is 1. The minimum atomic E-state index is -0.0914. The van der Waals surface area contributed by atoms with E-state index in [1.165, 1.54) is 0 Å². The number of allylic oxidation sites excluding steroid dienone is 5. The van der Waals surface area contributed by atoms with Crippen molar-refractivity contribution in [3.8, 4) is 22.6 Å². The average Bonchev–Trinajstić information content (AvgIpc) is 3.18. The topological polar surface area (TPSA) is 38.7 Å². The normalized spacial score (nSPS) is 12.4. The number of rotatable bonds is 7. The van der Waals surface area contributed by atoms with Crippen LogP contribution in [0.15, 0.2) is 84.4 Å². The number of aliphatic hydroxyl groups excluding tert-OH is 1. The molecular formula is C22H22O3. The molecule has 3 rings (SSSR count). The average molecular weight is 334 g/mol. The summed E-state index contributed by atoms with van der Waals surface area (Å²) in [4.78, 5) is 0. The van der Waals surface area contributed by atoms with E-state index in [2.05, 4.69) is 6.92 Å². The Morgan fingerprint density at radius 1 is 0.840 bits per heavy atom. The maximum Gasteiger partial charge on any atom is 0.289 e. The smallest absolute Gasteiger partial charge is 0.289 e. The highest BCUT2D eigenvalue weighted by Gasteiger charge is 2.06. The highest BCUT2D eigenvalue weighted by atomic mass is 16.6. The van der Waals surface area contributed by atoms with Gasteiger partial charge in [0.25, 0.3) is 5.95 Å². The van der Waals surface area contributed by atoms with Crippen LogP contribution in [0.1, 0.15) is 19.8 Å². The van der Waals surface area contributed by atoms with E-state index in [1.807, 2.05) is 60.7 Å². The molecule has 0 amide bonds. The van der Waals surface area contributed by atoms with Gasteiger partial charge in [-0.15, -0.1) is 0 Å². The SMILES string of the molecule is CCCCOc1ccc(-c2ccc(OC(O)=C3C=CC=C3)cc2)cc1. The summed E-state index contributed by atoms with van der Waals surface area (Å²) in [6, 6.07) is 15.7. The van der Waals surface area contributed by atoms with Gasteiger partial charge in [-0.3, -0.25) is 0 Å². The number of aliphatic hydroxyl groups is 1. The Morgan fingerprint density at radius 3 is 1.96 bits per heavy atom. The van der Waals surface area contributed by atoms with Crippen molar-refractivity contribution >= 4 is 0 Å². The lowest BCUT2D eigenvalue weighted by Crippen LogP contribution is -1.96.